The van der Waals surface area contributed by atoms with Crippen LogP contribution in [0.1, 0.15) is 85.8 Å². The summed E-state index contributed by atoms with van der Waals surface area (Å²) < 4.78 is 1.68. The van der Waals surface area contributed by atoms with Crippen molar-refractivity contribution in [2.24, 2.45) is 13.0 Å². The second kappa shape index (κ2) is 11.2. The maximum atomic E-state index is 12.6. The van der Waals surface area contributed by atoms with Crippen LogP contribution < -0.4 is 5.32 Å². The van der Waals surface area contributed by atoms with Gasteiger partial charge >= 0.3 is 0 Å². The molecule has 6 nitrogen and oxygen atoms in total. The molecule has 1 heterocycles. The average molecular weight is 393 g/mol. The van der Waals surface area contributed by atoms with Gasteiger partial charge in [-0.25, -0.2) is 0 Å². The molecule has 28 heavy (non-hydrogen) atoms. The van der Waals surface area contributed by atoms with Crippen molar-refractivity contribution in [3.8, 4) is 0 Å². The molecule has 0 fully saturated rings. The van der Waals surface area contributed by atoms with E-state index in [4.69, 9.17) is 0 Å². The van der Waals surface area contributed by atoms with Gasteiger partial charge in [-0.15, -0.1) is 0 Å². The van der Waals surface area contributed by atoms with Crippen LogP contribution in [0.2, 0.25) is 0 Å². The van der Waals surface area contributed by atoms with Crippen molar-refractivity contribution in [3.05, 3.63) is 11.8 Å². The Kier molecular flexibility index (Phi) is 9.70. The predicted octanol–water partition coefficient (Wildman–Crippen LogP) is 4.50. The molecule has 0 aromatic carbocycles. The number of rotatable bonds is 11. The van der Waals surface area contributed by atoms with E-state index in [0.717, 1.165) is 18.5 Å². The summed E-state index contributed by atoms with van der Waals surface area (Å²) in [4.78, 5) is 26.9. The molecule has 2 amide bonds. The summed E-state index contributed by atoms with van der Waals surface area (Å²) >= 11 is 0. The van der Waals surface area contributed by atoms with E-state index >= 15 is 0 Å². The molecule has 160 valence electrons. The summed E-state index contributed by atoms with van der Waals surface area (Å²) in [6.45, 7) is 13.3. The van der Waals surface area contributed by atoms with E-state index in [-0.39, 0.29) is 23.8 Å². The monoisotopic (exact) mass is 392 g/mol. The van der Waals surface area contributed by atoms with Crippen molar-refractivity contribution in [3.63, 3.8) is 0 Å². The summed E-state index contributed by atoms with van der Waals surface area (Å²) in [5.41, 5.74) is 0.838. The van der Waals surface area contributed by atoms with Crippen LogP contribution in [-0.2, 0) is 22.1 Å². The van der Waals surface area contributed by atoms with Crippen LogP contribution in [0.3, 0.4) is 0 Å². The molecule has 1 rings (SSSR count). The molecule has 0 aliphatic rings. The fourth-order valence-electron chi connectivity index (χ4n) is 3.04. The van der Waals surface area contributed by atoms with Crippen LogP contribution in [0, 0.1) is 5.92 Å². The van der Waals surface area contributed by atoms with Gasteiger partial charge in [0.2, 0.25) is 11.8 Å². The second-order valence-corrected chi connectivity index (χ2v) is 9.17. The van der Waals surface area contributed by atoms with Gasteiger partial charge in [0.1, 0.15) is 5.82 Å². The van der Waals surface area contributed by atoms with Crippen molar-refractivity contribution in [2.75, 3.05) is 18.4 Å². The van der Waals surface area contributed by atoms with Gasteiger partial charge in [0.25, 0.3) is 0 Å². The molecule has 1 aromatic rings. The van der Waals surface area contributed by atoms with E-state index < -0.39 is 0 Å². The van der Waals surface area contributed by atoms with Crippen LogP contribution in [-0.4, -0.2) is 39.6 Å². The molecule has 0 spiro atoms. The Morgan fingerprint density at radius 3 is 2.36 bits per heavy atom. The van der Waals surface area contributed by atoms with Crippen LogP contribution in [0.25, 0.3) is 0 Å². The molecule has 1 aromatic heterocycles. The Morgan fingerprint density at radius 2 is 1.82 bits per heavy atom. The number of aryl methyl sites for hydroxylation is 1. The number of anilines is 1. The smallest absolute Gasteiger partial charge is 0.245 e. The third kappa shape index (κ3) is 8.44. The van der Waals surface area contributed by atoms with Crippen LogP contribution in [0.5, 0.6) is 0 Å². The lowest BCUT2D eigenvalue weighted by atomic mass is 9.92. The van der Waals surface area contributed by atoms with Crippen LogP contribution in [0.4, 0.5) is 5.82 Å². The maximum absolute atomic E-state index is 12.6. The van der Waals surface area contributed by atoms with E-state index in [2.05, 4.69) is 52.0 Å². The minimum Gasteiger partial charge on any atom is -0.333 e. The molecule has 0 bridgehead atoms. The first-order valence-electron chi connectivity index (χ1n) is 10.7. The highest BCUT2D eigenvalue weighted by molar-refractivity contribution is 5.94. The topological polar surface area (TPSA) is 67.2 Å². The number of amides is 2. The fourth-order valence-corrected chi connectivity index (χ4v) is 3.04. The first kappa shape index (κ1) is 24.2. The highest BCUT2D eigenvalue weighted by Crippen LogP contribution is 2.23. The Labute approximate surface area is 171 Å². The average Bonchev–Trinajstić information content (AvgIpc) is 2.94. The lowest BCUT2D eigenvalue weighted by molar-refractivity contribution is -0.135. The van der Waals surface area contributed by atoms with Gasteiger partial charge in [0.05, 0.1) is 12.2 Å². The molecule has 0 radical (unpaired) electrons. The molecule has 1 N–H and O–H groups in total. The Balaban J connectivity index is 2.66. The third-order valence-corrected chi connectivity index (χ3v) is 4.68. The maximum Gasteiger partial charge on any atom is 0.245 e. The van der Waals surface area contributed by atoms with Crippen molar-refractivity contribution >= 4 is 17.6 Å². The lowest BCUT2D eigenvalue weighted by Gasteiger charge is -2.24. The largest absolute Gasteiger partial charge is 0.333 e. The molecule has 0 atom stereocenters. The standard InChI is InChI=1S/C22H40N4O2/c1-8-9-10-11-12-13-21(28)26(15-17(2)3)16-20(27)23-19-14-18(22(4,5)6)24-25(19)7/h14,17H,8-13,15-16H2,1-7H3,(H,23,27). The third-order valence-electron chi connectivity index (χ3n) is 4.68. The number of hydrogen-bond donors (Lipinski definition) is 1. The molecule has 6 heteroatoms. The number of carbonyl (C=O) groups excluding carboxylic acids is 2. The van der Waals surface area contributed by atoms with Gasteiger partial charge in [0, 0.05) is 31.5 Å². The highest BCUT2D eigenvalue weighted by Gasteiger charge is 2.22. The highest BCUT2D eigenvalue weighted by atomic mass is 16.2. The zero-order valence-electron chi connectivity index (χ0n) is 19.0. The van der Waals surface area contributed by atoms with Gasteiger partial charge in [-0.05, 0) is 12.3 Å². The molecule has 0 unspecified atom stereocenters. The van der Waals surface area contributed by atoms with Crippen molar-refractivity contribution in [1.82, 2.24) is 14.7 Å². The molecule has 0 saturated heterocycles. The van der Waals surface area contributed by atoms with E-state index in [1.165, 1.54) is 19.3 Å². The minimum absolute atomic E-state index is 0.0701. The van der Waals surface area contributed by atoms with Gasteiger partial charge < -0.3 is 10.2 Å². The first-order chi connectivity index (χ1) is 13.0. The fraction of sp³-hybridized carbons (Fsp3) is 0.773. The molecule has 0 aliphatic carbocycles. The second-order valence-electron chi connectivity index (χ2n) is 9.17. The molecular formula is C22H40N4O2. The lowest BCUT2D eigenvalue weighted by Crippen LogP contribution is -2.40. The van der Waals surface area contributed by atoms with Gasteiger partial charge in [-0.1, -0.05) is 67.2 Å². The summed E-state index contributed by atoms with van der Waals surface area (Å²) in [7, 11) is 1.82. The zero-order valence-corrected chi connectivity index (χ0v) is 19.0. The predicted molar refractivity (Wildman–Crippen MR) is 115 cm³/mol. The number of aromatic nitrogens is 2. The van der Waals surface area contributed by atoms with Crippen LogP contribution in [0.15, 0.2) is 6.07 Å². The van der Waals surface area contributed by atoms with Gasteiger partial charge in [-0.3, -0.25) is 14.3 Å². The number of carbonyl (C=O) groups is 2. The van der Waals surface area contributed by atoms with E-state index in [1.54, 1.807) is 9.58 Å². The summed E-state index contributed by atoms with van der Waals surface area (Å²) in [5, 5.41) is 7.40. The van der Waals surface area contributed by atoms with Crippen molar-refractivity contribution in [2.45, 2.75) is 85.5 Å². The summed E-state index contributed by atoms with van der Waals surface area (Å²) in [6.07, 6.45) is 6.07. The summed E-state index contributed by atoms with van der Waals surface area (Å²) in [6, 6.07) is 1.90. The quantitative estimate of drug-likeness (QED) is 0.564. The molecule has 0 aliphatic heterocycles. The number of hydrogen-bond acceptors (Lipinski definition) is 3. The Hall–Kier alpha value is -1.85. The SMILES string of the molecule is CCCCCCCC(=O)N(CC(=O)Nc1cc(C(C)(C)C)nn1C)CC(C)C. The van der Waals surface area contributed by atoms with Crippen molar-refractivity contribution < 1.29 is 9.59 Å². The Bertz CT molecular complexity index is 629. The van der Waals surface area contributed by atoms with E-state index in [0.29, 0.717) is 24.7 Å². The number of nitrogens with zero attached hydrogens (tertiary/aromatic N) is 3. The van der Waals surface area contributed by atoms with Gasteiger partial charge in [-0.2, -0.15) is 5.10 Å². The van der Waals surface area contributed by atoms with E-state index in [9.17, 15) is 9.59 Å². The number of nitrogens with one attached hydrogen (secondary N) is 1. The Morgan fingerprint density at radius 1 is 1.18 bits per heavy atom. The molecular weight excluding hydrogens is 352 g/mol. The van der Waals surface area contributed by atoms with Crippen molar-refractivity contribution in [1.29, 1.82) is 0 Å². The van der Waals surface area contributed by atoms with E-state index in [1.807, 2.05) is 13.1 Å². The normalized spacial score (nSPS) is 11.7. The summed E-state index contributed by atoms with van der Waals surface area (Å²) in [5.74, 6) is 0.872. The van der Waals surface area contributed by atoms with Gasteiger partial charge in [0.15, 0.2) is 0 Å². The van der Waals surface area contributed by atoms with Crippen LogP contribution >= 0.6 is 0 Å². The zero-order chi connectivity index (χ0) is 21.3. The first-order valence-corrected chi connectivity index (χ1v) is 10.7. The minimum atomic E-state index is -0.177. The number of unbranched alkanes of at least 4 members (excludes halogenated alkanes) is 4. The molecule has 0 saturated carbocycles.